The van der Waals surface area contributed by atoms with Gasteiger partial charge in [0.15, 0.2) is 11.5 Å². The number of carbonyl (C=O) groups is 1. The van der Waals surface area contributed by atoms with Gasteiger partial charge < -0.3 is 23.8 Å². The van der Waals surface area contributed by atoms with Gasteiger partial charge in [-0.05, 0) is 68.1 Å². The third-order valence-corrected chi connectivity index (χ3v) is 8.20. The molecule has 0 aliphatic carbocycles. The number of hydrogen-bond donors (Lipinski definition) is 0. The number of rotatable bonds is 10. The number of nitrogens with zero attached hydrogens (tertiary/aromatic N) is 2. The van der Waals surface area contributed by atoms with Crippen molar-refractivity contribution >= 4 is 15.9 Å². The summed E-state index contributed by atoms with van der Waals surface area (Å²) < 4.78 is 49.9. The normalized spacial score (nSPS) is 16.3. The Labute approximate surface area is 213 Å². The van der Waals surface area contributed by atoms with Crippen molar-refractivity contribution in [2.24, 2.45) is 5.92 Å². The number of aryl methyl sites for hydroxylation is 1. The van der Waals surface area contributed by atoms with Crippen LogP contribution in [0.3, 0.4) is 0 Å². The van der Waals surface area contributed by atoms with Crippen LogP contribution in [0.15, 0.2) is 35.2 Å². The summed E-state index contributed by atoms with van der Waals surface area (Å²) >= 11 is 0. The van der Waals surface area contributed by atoms with E-state index in [4.69, 9.17) is 18.9 Å². The van der Waals surface area contributed by atoms with Gasteiger partial charge in [0.05, 0.1) is 38.7 Å². The number of piperidine rings is 1. The summed E-state index contributed by atoms with van der Waals surface area (Å²) in [5.41, 5.74) is 1.57. The first-order chi connectivity index (χ1) is 17.2. The molecule has 0 radical (unpaired) electrons. The van der Waals surface area contributed by atoms with Crippen molar-refractivity contribution in [2.45, 2.75) is 38.1 Å². The van der Waals surface area contributed by atoms with Crippen molar-refractivity contribution in [1.29, 1.82) is 0 Å². The number of benzene rings is 2. The molecule has 1 fully saturated rings. The van der Waals surface area contributed by atoms with E-state index in [0.29, 0.717) is 55.5 Å². The monoisotopic (exact) mass is 520 g/mol. The highest BCUT2D eigenvalue weighted by Gasteiger charge is 2.34. The van der Waals surface area contributed by atoms with Gasteiger partial charge in [0.1, 0.15) is 5.75 Å². The molecule has 1 amide bonds. The fourth-order valence-electron chi connectivity index (χ4n) is 4.50. The Hall–Kier alpha value is -2.98. The standard InChI is InChI=1S/C26H36N2O7S/c1-7-35-22-11-10-21(13-18(22)2)36(30,31)28-12-8-9-20(17-28)26(29)27(3)16-19-14-23(32-4)25(34-6)24(15-19)33-5/h10-11,13-15,20H,7-9,12,16-17H2,1-6H3/t20-/m1/s1. The average molecular weight is 521 g/mol. The highest BCUT2D eigenvalue weighted by Crippen LogP contribution is 2.38. The lowest BCUT2D eigenvalue weighted by molar-refractivity contribution is -0.135. The maximum Gasteiger partial charge on any atom is 0.243 e. The van der Waals surface area contributed by atoms with Crippen LogP contribution in [0.1, 0.15) is 30.9 Å². The Morgan fingerprint density at radius 1 is 1.06 bits per heavy atom. The summed E-state index contributed by atoms with van der Waals surface area (Å²) in [6.45, 7) is 5.06. The minimum Gasteiger partial charge on any atom is -0.494 e. The summed E-state index contributed by atoms with van der Waals surface area (Å²) in [7, 11) is 2.60. The Kier molecular flexibility index (Phi) is 9.08. The molecule has 0 aromatic heterocycles. The molecule has 2 aromatic rings. The van der Waals surface area contributed by atoms with E-state index in [9.17, 15) is 13.2 Å². The zero-order valence-electron chi connectivity index (χ0n) is 21.9. The first-order valence-corrected chi connectivity index (χ1v) is 13.4. The molecule has 1 saturated heterocycles. The number of ether oxygens (including phenoxy) is 4. The summed E-state index contributed by atoms with van der Waals surface area (Å²) in [6.07, 6.45) is 1.25. The van der Waals surface area contributed by atoms with E-state index in [1.807, 2.05) is 13.8 Å². The number of sulfonamides is 1. The molecule has 0 spiro atoms. The molecule has 1 aliphatic rings. The molecular formula is C26H36N2O7S. The van der Waals surface area contributed by atoms with E-state index in [0.717, 1.165) is 11.1 Å². The third-order valence-electron chi connectivity index (χ3n) is 6.34. The summed E-state index contributed by atoms with van der Waals surface area (Å²) in [4.78, 5) is 15.1. The first-order valence-electron chi connectivity index (χ1n) is 11.9. The molecule has 1 atom stereocenters. The summed E-state index contributed by atoms with van der Waals surface area (Å²) in [5.74, 6) is 1.63. The zero-order valence-corrected chi connectivity index (χ0v) is 22.7. The van der Waals surface area contributed by atoms with Gasteiger partial charge in [-0.2, -0.15) is 4.31 Å². The van der Waals surface area contributed by atoms with E-state index in [1.54, 1.807) is 56.5 Å². The average Bonchev–Trinajstić information content (AvgIpc) is 2.88. The summed E-state index contributed by atoms with van der Waals surface area (Å²) in [6, 6.07) is 8.48. The maximum absolute atomic E-state index is 13.4. The van der Waals surface area contributed by atoms with Crippen LogP contribution in [-0.2, 0) is 21.4 Å². The van der Waals surface area contributed by atoms with Crippen LogP contribution in [0.25, 0.3) is 0 Å². The molecule has 2 aromatic carbocycles. The van der Waals surface area contributed by atoms with Gasteiger partial charge in [-0.25, -0.2) is 8.42 Å². The molecule has 10 heteroatoms. The quantitative estimate of drug-likeness (QED) is 0.473. The van der Waals surface area contributed by atoms with Crippen molar-refractivity contribution in [2.75, 3.05) is 48.1 Å². The lowest BCUT2D eigenvalue weighted by atomic mass is 9.98. The molecule has 0 unspecified atom stereocenters. The van der Waals surface area contributed by atoms with E-state index >= 15 is 0 Å². The molecule has 9 nitrogen and oxygen atoms in total. The van der Waals surface area contributed by atoms with Crippen LogP contribution in [0.4, 0.5) is 0 Å². The highest BCUT2D eigenvalue weighted by molar-refractivity contribution is 7.89. The van der Waals surface area contributed by atoms with Crippen LogP contribution in [-0.4, -0.2) is 71.6 Å². The highest BCUT2D eigenvalue weighted by atomic mass is 32.2. The third kappa shape index (κ3) is 5.87. The van der Waals surface area contributed by atoms with Gasteiger partial charge in [-0.3, -0.25) is 4.79 Å². The Balaban J connectivity index is 1.74. The van der Waals surface area contributed by atoms with Crippen LogP contribution < -0.4 is 18.9 Å². The molecule has 0 saturated carbocycles. The first kappa shape index (κ1) is 27.6. The van der Waals surface area contributed by atoms with Gasteiger partial charge in [0.25, 0.3) is 0 Å². The fraction of sp³-hybridized carbons (Fsp3) is 0.500. The minimum absolute atomic E-state index is 0.105. The molecule has 3 rings (SSSR count). The SMILES string of the molecule is CCOc1ccc(S(=O)(=O)N2CCC[C@@H](C(=O)N(C)Cc3cc(OC)c(OC)c(OC)c3)C2)cc1C. The second-order valence-corrected chi connectivity index (χ2v) is 10.7. The number of carbonyl (C=O) groups excluding carboxylic acids is 1. The van der Waals surface area contributed by atoms with E-state index < -0.39 is 15.9 Å². The number of amides is 1. The number of hydrogen-bond acceptors (Lipinski definition) is 7. The largest absolute Gasteiger partial charge is 0.494 e. The Bertz CT molecular complexity index is 1160. The van der Waals surface area contributed by atoms with E-state index in [-0.39, 0.29) is 17.3 Å². The van der Waals surface area contributed by atoms with E-state index in [2.05, 4.69) is 0 Å². The molecular weight excluding hydrogens is 484 g/mol. The molecule has 198 valence electrons. The van der Waals surface area contributed by atoms with Crippen LogP contribution >= 0.6 is 0 Å². The van der Waals surface area contributed by atoms with Crippen LogP contribution in [0, 0.1) is 12.8 Å². The van der Waals surface area contributed by atoms with Crippen molar-refractivity contribution in [3.63, 3.8) is 0 Å². The molecule has 36 heavy (non-hydrogen) atoms. The molecule has 1 heterocycles. The summed E-state index contributed by atoms with van der Waals surface area (Å²) in [5, 5.41) is 0. The van der Waals surface area contributed by atoms with Gasteiger partial charge in [-0.1, -0.05) is 0 Å². The van der Waals surface area contributed by atoms with Crippen molar-refractivity contribution in [1.82, 2.24) is 9.21 Å². The van der Waals surface area contributed by atoms with E-state index in [1.165, 1.54) is 11.4 Å². The van der Waals surface area contributed by atoms with Crippen LogP contribution in [0.2, 0.25) is 0 Å². The molecule has 1 aliphatic heterocycles. The van der Waals surface area contributed by atoms with Crippen molar-refractivity contribution in [3.8, 4) is 23.0 Å². The van der Waals surface area contributed by atoms with Crippen molar-refractivity contribution < 1.29 is 32.2 Å². The van der Waals surface area contributed by atoms with Gasteiger partial charge >= 0.3 is 0 Å². The fourth-order valence-corrected chi connectivity index (χ4v) is 6.11. The van der Waals surface area contributed by atoms with Gasteiger partial charge in [0.2, 0.25) is 21.7 Å². The predicted molar refractivity (Wildman–Crippen MR) is 136 cm³/mol. The lowest BCUT2D eigenvalue weighted by Gasteiger charge is -2.33. The van der Waals surface area contributed by atoms with Gasteiger partial charge in [0, 0.05) is 26.7 Å². The zero-order chi connectivity index (χ0) is 26.5. The number of methoxy groups -OCH3 is 3. The predicted octanol–water partition coefficient (Wildman–Crippen LogP) is 3.48. The van der Waals surface area contributed by atoms with Crippen LogP contribution in [0.5, 0.6) is 23.0 Å². The van der Waals surface area contributed by atoms with Gasteiger partial charge in [-0.15, -0.1) is 0 Å². The molecule has 0 bridgehead atoms. The Morgan fingerprint density at radius 3 is 2.28 bits per heavy atom. The van der Waals surface area contributed by atoms with Crippen molar-refractivity contribution in [3.05, 3.63) is 41.5 Å². The molecule has 0 N–H and O–H groups in total. The second kappa shape index (κ2) is 11.8. The smallest absolute Gasteiger partial charge is 0.243 e. The Morgan fingerprint density at radius 2 is 1.72 bits per heavy atom. The maximum atomic E-state index is 13.4. The topological polar surface area (TPSA) is 94.6 Å². The lowest BCUT2D eigenvalue weighted by Crippen LogP contribution is -2.45. The minimum atomic E-state index is -3.73. The second-order valence-electron chi connectivity index (χ2n) is 8.79.